The van der Waals surface area contributed by atoms with Crippen LogP contribution in [0.1, 0.15) is 5.56 Å². The van der Waals surface area contributed by atoms with E-state index in [0.29, 0.717) is 0 Å². The summed E-state index contributed by atoms with van der Waals surface area (Å²) in [6.07, 6.45) is 0. The highest BCUT2D eigenvalue weighted by atomic mass is 79.9. The average Bonchev–Trinajstić information content (AvgIpc) is 2.56. The monoisotopic (exact) mass is 366 g/mol. The third-order valence-corrected chi connectivity index (χ3v) is 3.71. The van der Waals surface area contributed by atoms with E-state index in [1.807, 2.05) is 24.3 Å². The maximum Gasteiger partial charge on any atom is 0.342 e. The van der Waals surface area contributed by atoms with Crippen LogP contribution in [0.4, 0.5) is 0 Å². The molecule has 1 aliphatic heterocycles. The molecule has 0 saturated carbocycles. The van der Waals surface area contributed by atoms with Crippen LogP contribution >= 0.6 is 16.3 Å². The van der Waals surface area contributed by atoms with Gasteiger partial charge in [0.1, 0.15) is 0 Å². The van der Waals surface area contributed by atoms with Gasteiger partial charge in [-0.25, -0.2) is 0 Å². The Labute approximate surface area is 133 Å². The second-order valence-corrected chi connectivity index (χ2v) is 5.04. The van der Waals surface area contributed by atoms with Crippen molar-refractivity contribution in [3.05, 3.63) is 71.3 Å². The molecule has 0 spiro atoms. The average molecular weight is 367 g/mol. The molecule has 4 N–H and O–H groups in total. The molecule has 6 nitrogen and oxygen atoms in total. The fourth-order valence-electron chi connectivity index (χ4n) is 2.25. The summed E-state index contributed by atoms with van der Waals surface area (Å²) in [6.45, 7) is 0. The molecule has 1 atom stereocenters. The first kappa shape index (κ1) is 14.6. The lowest BCUT2D eigenvalue weighted by atomic mass is 9.98. The van der Waals surface area contributed by atoms with E-state index in [4.69, 9.17) is 4.74 Å². The predicted octanol–water partition coefficient (Wildman–Crippen LogP) is 3.40. The molecule has 7 heteroatoms. The quantitative estimate of drug-likeness (QED) is 0.650. The zero-order chi connectivity index (χ0) is 15.9. The van der Waals surface area contributed by atoms with Crippen LogP contribution in [0.3, 0.4) is 0 Å². The summed E-state index contributed by atoms with van der Waals surface area (Å²) in [6, 6.07) is 12.2. The van der Waals surface area contributed by atoms with Crippen LogP contribution in [-0.2, 0) is 14.4 Å². The fourth-order valence-corrected chi connectivity index (χ4v) is 2.47. The van der Waals surface area contributed by atoms with Crippen molar-refractivity contribution in [2.24, 2.45) is 0 Å². The highest BCUT2D eigenvalue weighted by Gasteiger charge is 2.46. The van der Waals surface area contributed by atoms with Crippen LogP contribution in [0.5, 0.6) is 0 Å². The zero-order valence-electron chi connectivity index (χ0n) is 11.0. The minimum Gasteiger partial charge on any atom is -0.503 e. The van der Waals surface area contributed by atoms with E-state index in [1.165, 1.54) is 6.07 Å². The Hall–Kier alpha value is -2.38. The topological polar surface area (TPSA) is 99.4 Å². The number of aliphatic hydroxyl groups excluding tert-OH is 3. The molecule has 1 unspecified atom stereocenters. The molecule has 1 heterocycles. The van der Waals surface area contributed by atoms with Gasteiger partial charge in [-0.05, 0) is 16.8 Å². The Morgan fingerprint density at radius 3 is 2.32 bits per heavy atom. The van der Waals surface area contributed by atoms with Crippen molar-refractivity contribution < 1.29 is 29.0 Å². The summed E-state index contributed by atoms with van der Waals surface area (Å²) in [5, 5.41) is 41.7. The number of aliphatic hydroxyl groups is 4. The largest absolute Gasteiger partial charge is 0.503 e. The second-order valence-electron chi connectivity index (χ2n) is 4.72. The van der Waals surface area contributed by atoms with Gasteiger partial charge in [0.25, 0.3) is 0 Å². The van der Waals surface area contributed by atoms with Crippen LogP contribution in [0.15, 0.2) is 65.7 Å². The first-order chi connectivity index (χ1) is 10.5. The third-order valence-electron chi connectivity index (χ3n) is 3.41. The van der Waals surface area contributed by atoms with Crippen molar-refractivity contribution in [3.63, 3.8) is 0 Å². The summed E-state index contributed by atoms with van der Waals surface area (Å²) in [7, 11) is 0. The van der Waals surface area contributed by atoms with Gasteiger partial charge < -0.3 is 29.0 Å². The Balaban J connectivity index is 2.16. The Morgan fingerprint density at radius 2 is 1.64 bits per heavy atom. The fraction of sp³-hybridized carbons (Fsp3) is 0.0667. The van der Waals surface area contributed by atoms with Gasteiger partial charge in [-0.3, -0.25) is 0 Å². The lowest BCUT2D eigenvalue weighted by Gasteiger charge is -2.31. The molecule has 22 heavy (non-hydrogen) atoms. The SMILES string of the molecule is OC1=C(OBr)OC(O)(c2ccc3ccccc3c2)C(O)=C1O. The summed E-state index contributed by atoms with van der Waals surface area (Å²) in [5.74, 6) is -5.67. The smallest absolute Gasteiger partial charge is 0.342 e. The molecular formula is C15H11BrO6. The standard InChI is InChI=1S/C15H11BrO6/c16-22-14-12(18)11(17)13(19)15(20,21-14)10-6-5-8-3-1-2-4-9(8)7-10/h1-7,17-20H. The number of rotatable bonds is 2. The second kappa shape index (κ2) is 5.11. The van der Waals surface area contributed by atoms with Crippen LogP contribution in [0.25, 0.3) is 10.8 Å². The van der Waals surface area contributed by atoms with Crippen LogP contribution < -0.4 is 0 Å². The van der Waals surface area contributed by atoms with Crippen molar-refractivity contribution in [1.82, 2.24) is 0 Å². The van der Waals surface area contributed by atoms with E-state index in [9.17, 15) is 20.4 Å². The zero-order valence-corrected chi connectivity index (χ0v) is 12.6. The molecule has 0 saturated heterocycles. The molecule has 0 amide bonds. The van der Waals surface area contributed by atoms with Crippen LogP contribution in [0, 0.1) is 0 Å². The minimum atomic E-state index is -2.39. The molecular weight excluding hydrogens is 356 g/mol. The number of fused-ring (bicyclic) bond motifs is 1. The maximum absolute atomic E-state index is 10.6. The summed E-state index contributed by atoms with van der Waals surface area (Å²) in [5.41, 5.74) is 0.157. The van der Waals surface area contributed by atoms with Crippen molar-refractivity contribution >= 4 is 27.0 Å². The number of halogens is 1. The van der Waals surface area contributed by atoms with E-state index in [-0.39, 0.29) is 5.56 Å². The Bertz CT molecular complexity index is 813. The van der Waals surface area contributed by atoms with E-state index in [0.717, 1.165) is 10.8 Å². The van der Waals surface area contributed by atoms with Crippen molar-refractivity contribution in [2.45, 2.75) is 5.79 Å². The highest BCUT2D eigenvalue weighted by molar-refractivity contribution is 9.06. The van der Waals surface area contributed by atoms with Gasteiger partial charge in [0.2, 0.25) is 17.3 Å². The van der Waals surface area contributed by atoms with Gasteiger partial charge in [-0.2, -0.15) is 0 Å². The molecule has 0 bridgehead atoms. The van der Waals surface area contributed by atoms with E-state index < -0.39 is 29.0 Å². The van der Waals surface area contributed by atoms with Gasteiger partial charge in [-0.1, -0.05) is 36.4 Å². The first-order valence-corrected chi connectivity index (χ1v) is 6.87. The van der Waals surface area contributed by atoms with Crippen LogP contribution in [-0.4, -0.2) is 20.4 Å². The van der Waals surface area contributed by atoms with Gasteiger partial charge >= 0.3 is 11.7 Å². The molecule has 2 aromatic rings. The van der Waals surface area contributed by atoms with Gasteiger partial charge in [-0.15, -0.1) is 0 Å². The first-order valence-electron chi connectivity index (χ1n) is 6.23. The van der Waals surface area contributed by atoms with E-state index in [2.05, 4.69) is 20.1 Å². The highest BCUT2D eigenvalue weighted by Crippen LogP contribution is 2.40. The lowest BCUT2D eigenvalue weighted by molar-refractivity contribution is -0.205. The Morgan fingerprint density at radius 1 is 0.955 bits per heavy atom. The van der Waals surface area contributed by atoms with E-state index >= 15 is 0 Å². The van der Waals surface area contributed by atoms with Crippen molar-refractivity contribution in [1.29, 1.82) is 0 Å². The summed E-state index contributed by atoms with van der Waals surface area (Å²) in [4.78, 5) is 0. The summed E-state index contributed by atoms with van der Waals surface area (Å²) < 4.78 is 9.68. The number of benzene rings is 2. The minimum absolute atomic E-state index is 0.157. The van der Waals surface area contributed by atoms with Crippen LogP contribution in [0.2, 0.25) is 0 Å². The maximum atomic E-state index is 10.6. The van der Waals surface area contributed by atoms with Gasteiger partial charge in [0.15, 0.2) is 16.3 Å². The Kier molecular flexibility index (Phi) is 3.38. The number of hydrogen-bond acceptors (Lipinski definition) is 6. The normalized spacial score (nSPS) is 21.9. The predicted molar refractivity (Wildman–Crippen MR) is 80.9 cm³/mol. The third kappa shape index (κ3) is 2.06. The van der Waals surface area contributed by atoms with Gasteiger partial charge in [0.05, 0.1) is 0 Å². The molecule has 114 valence electrons. The number of ether oxygens (including phenoxy) is 1. The summed E-state index contributed by atoms with van der Waals surface area (Å²) >= 11 is 2.59. The van der Waals surface area contributed by atoms with Crippen molar-refractivity contribution in [3.8, 4) is 0 Å². The molecule has 0 aliphatic carbocycles. The van der Waals surface area contributed by atoms with Crippen molar-refractivity contribution in [2.75, 3.05) is 0 Å². The molecule has 3 rings (SSSR count). The molecule has 0 aromatic heterocycles. The molecule has 2 aromatic carbocycles. The lowest BCUT2D eigenvalue weighted by Crippen LogP contribution is -2.36. The van der Waals surface area contributed by atoms with Gasteiger partial charge in [0, 0.05) is 5.56 Å². The molecule has 1 aliphatic rings. The molecule has 0 fully saturated rings. The number of hydrogen-bond donors (Lipinski definition) is 4. The molecule has 0 radical (unpaired) electrons. The van der Waals surface area contributed by atoms with E-state index in [1.54, 1.807) is 12.1 Å².